The summed E-state index contributed by atoms with van der Waals surface area (Å²) in [6, 6.07) is 6.19. The molecule has 1 fully saturated rings. The summed E-state index contributed by atoms with van der Waals surface area (Å²) < 4.78 is 14.3. The molecule has 3 heteroatoms. The lowest BCUT2D eigenvalue weighted by atomic mass is 10.1. The maximum Gasteiger partial charge on any atom is 0.146 e. The molecule has 1 unspecified atom stereocenters. The zero-order valence-electron chi connectivity index (χ0n) is 12.1. The molecular formula is C16H25FN2. The van der Waals surface area contributed by atoms with Gasteiger partial charge in [-0.1, -0.05) is 19.9 Å². The number of halogens is 1. The highest BCUT2D eigenvalue weighted by Crippen LogP contribution is 2.29. The van der Waals surface area contributed by atoms with Gasteiger partial charge in [-0.25, -0.2) is 4.39 Å². The van der Waals surface area contributed by atoms with Crippen molar-refractivity contribution < 1.29 is 4.39 Å². The number of hydrogen-bond donors (Lipinski definition) is 1. The molecule has 19 heavy (non-hydrogen) atoms. The van der Waals surface area contributed by atoms with Gasteiger partial charge in [0.2, 0.25) is 0 Å². The predicted octanol–water partition coefficient (Wildman–Crippen LogP) is 3.70. The van der Waals surface area contributed by atoms with Crippen molar-refractivity contribution >= 4 is 5.69 Å². The van der Waals surface area contributed by atoms with Gasteiger partial charge in [0.1, 0.15) is 5.82 Å². The van der Waals surface area contributed by atoms with Gasteiger partial charge >= 0.3 is 0 Å². The van der Waals surface area contributed by atoms with Crippen molar-refractivity contribution in [1.29, 1.82) is 0 Å². The number of nitrogens with zero attached hydrogens (tertiary/aromatic N) is 1. The Balaban J connectivity index is 2.06. The Morgan fingerprint density at radius 2 is 2.21 bits per heavy atom. The van der Waals surface area contributed by atoms with Gasteiger partial charge < -0.3 is 10.2 Å². The van der Waals surface area contributed by atoms with E-state index in [0.717, 1.165) is 43.7 Å². The Hall–Kier alpha value is -1.09. The smallest absolute Gasteiger partial charge is 0.146 e. The highest BCUT2D eigenvalue weighted by molar-refractivity contribution is 5.51. The molecule has 0 aromatic heterocycles. The minimum atomic E-state index is -0.0730. The maximum absolute atomic E-state index is 14.3. The van der Waals surface area contributed by atoms with Gasteiger partial charge in [0, 0.05) is 19.1 Å². The minimum absolute atomic E-state index is 0.0730. The largest absolute Gasteiger partial charge is 0.366 e. The van der Waals surface area contributed by atoms with E-state index in [1.54, 1.807) is 6.07 Å². The van der Waals surface area contributed by atoms with E-state index in [1.807, 2.05) is 12.1 Å². The van der Waals surface area contributed by atoms with Crippen LogP contribution in [0.5, 0.6) is 0 Å². The van der Waals surface area contributed by atoms with Gasteiger partial charge in [-0.15, -0.1) is 0 Å². The molecule has 0 aliphatic carbocycles. The predicted molar refractivity (Wildman–Crippen MR) is 79.1 cm³/mol. The highest BCUT2D eigenvalue weighted by atomic mass is 19.1. The molecule has 1 aromatic carbocycles. The van der Waals surface area contributed by atoms with E-state index in [1.165, 1.54) is 12.8 Å². The summed E-state index contributed by atoms with van der Waals surface area (Å²) in [5.41, 5.74) is 1.81. The Morgan fingerprint density at radius 3 is 2.89 bits per heavy atom. The summed E-state index contributed by atoms with van der Waals surface area (Å²) in [7, 11) is 0. The van der Waals surface area contributed by atoms with Crippen LogP contribution in [0.25, 0.3) is 0 Å². The number of rotatable bonds is 6. The van der Waals surface area contributed by atoms with Crippen molar-refractivity contribution in [2.24, 2.45) is 0 Å². The van der Waals surface area contributed by atoms with Crippen molar-refractivity contribution in [1.82, 2.24) is 5.32 Å². The molecule has 1 saturated heterocycles. The second-order valence-corrected chi connectivity index (χ2v) is 5.36. The zero-order chi connectivity index (χ0) is 13.7. The summed E-state index contributed by atoms with van der Waals surface area (Å²) in [5, 5.41) is 3.31. The number of hydrogen-bond acceptors (Lipinski definition) is 2. The van der Waals surface area contributed by atoms with Crippen molar-refractivity contribution in [2.75, 3.05) is 18.0 Å². The van der Waals surface area contributed by atoms with Crippen LogP contribution in [-0.4, -0.2) is 19.1 Å². The summed E-state index contributed by atoms with van der Waals surface area (Å²) in [6.45, 7) is 7.04. The summed E-state index contributed by atoms with van der Waals surface area (Å²) in [6.07, 6.45) is 4.57. The van der Waals surface area contributed by atoms with Crippen LogP contribution in [0.15, 0.2) is 18.2 Å². The molecule has 0 saturated carbocycles. The van der Waals surface area contributed by atoms with Crippen LogP contribution >= 0.6 is 0 Å². The normalized spacial score (nSPS) is 19.1. The van der Waals surface area contributed by atoms with E-state index in [4.69, 9.17) is 0 Å². The molecule has 1 aliphatic rings. The minimum Gasteiger partial charge on any atom is -0.366 e. The lowest BCUT2D eigenvalue weighted by Gasteiger charge is -2.26. The monoisotopic (exact) mass is 264 g/mol. The molecule has 1 aliphatic heterocycles. The molecule has 1 aromatic rings. The van der Waals surface area contributed by atoms with E-state index in [9.17, 15) is 4.39 Å². The van der Waals surface area contributed by atoms with Crippen molar-refractivity contribution in [3.63, 3.8) is 0 Å². The number of nitrogens with one attached hydrogen (secondary N) is 1. The van der Waals surface area contributed by atoms with Gasteiger partial charge in [-0.3, -0.25) is 0 Å². The molecule has 1 atom stereocenters. The van der Waals surface area contributed by atoms with E-state index in [0.29, 0.717) is 6.04 Å². The van der Waals surface area contributed by atoms with Gasteiger partial charge in [-0.05, 0) is 49.9 Å². The van der Waals surface area contributed by atoms with E-state index in [2.05, 4.69) is 24.1 Å². The quantitative estimate of drug-likeness (QED) is 0.788. The van der Waals surface area contributed by atoms with Crippen molar-refractivity contribution in [2.45, 2.75) is 52.1 Å². The first-order valence-electron chi connectivity index (χ1n) is 7.52. The molecule has 106 valence electrons. The second kappa shape index (κ2) is 6.90. The maximum atomic E-state index is 14.3. The molecule has 1 heterocycles. The first kappa shape index (κ1) is 14.3. The number of benzene rings is 1. The fourth-order valence-corrected chi connectivity index (χ4v) is 2.88. The Labute approximate surface area is 116 Å². The van der Waals surface area contributed by atoms with E-state index >= 15 is 0 Å². The first-order valence-corrected chi connectivity index (χ1v) is 7.52. The molecule has 0 bridgehead atoms. The molecule has 2 nitrogen and oxygen atoms in total. The molecule has 0 amide bonds. The van der Waals surface area contributed by atoms with Crippen LogP contribution in [0.1, 0.15) is 45.1 Å². The Morgan fingerprint density at radius 1 is 1.37 bits per heavy atom. The second-order valence-electron chi connectivity index (χ2n) is 5.36. The third kappa shape index (κ3) is 3.47. The van der Waals surface area contributed by atoms with Crippen LogP contribution < -0.4 is 10.2 Å². The molecule has 0 spiro atoms. The average Bonchev–Trinajstić information content (AvgIpc) is 2.87. The molecule has 1 N–H and O–H groups in total. The Bertz CT molecular complexity index is 406. The van der Waals surface area contributed by atoms with Crippen LogP contribution in [-0.2, 0) is 6.54 Å². The molecule has 0 radical (unpaired) electrons. The van der Waals surface area contributed by atoms with E-state index in [-0.39, 0.29) is 5.82 Å². The van der Waals surface area contributed by atoms with Crippen LogP contribution in [0.3, 0.4) is 0 Å². The average molecular weight is 264 g/mol. The third-order valence-electron chi connectivity index (χ3n) is 3.93. The third-order valence-corrected chi connectivity index (χ3v) is 3.93. The van der Waals surface area contributed by atoms with Crippen LogP contribution in [0.4, 0.5) is 10.1 Å². The van der Waals surface area contributed by atoms with Gasteiger partial charge in [0.25, 0.3) is 0 Å². The summed E-state index contributed by atoms with van der Waals surface area (Å²) in [5.74, 6) is -0.0730. The lowest BCUT2D eigenvalue weighted by Crippen LogP contribution is -2.29. The van der Waals surface area contributed by atoms with Crippen molar-refractivity contribution in [3.8, 4) is 0 Å². The highest BCUT2D eigenvalue weighted by Gasteiger charge is 2.25. The first-order chi connectivity index (χ1) is 9.26. The van der Waals surface area contributed by atoms with Crippen LogP contribution in [0.2, 0.25) is 0 Å². The van der Waals surface area contributed by atoms with Crippen LogP contribution in [0, 0.1) is 5.82 Å². The van der Waals surface area contributed by atoms with Gasteiger partial charge in [0.05, 0.1) is 5.69 Å². The fourth-order valence-electron chi connectivity index (χ4n) is 2.88. The molecular weight excluding hydrogens is 239 g/mol. The standard InChI is InChI=1S/C16H25FN2/c1-3-9-18-12-13-7-8-16(15(17)11-13)19-10-5-6-14(19)4-2/h7-8,11,14,18H,3-6,9-10,12H2,1-2H3. The van der Waals surface area contributed by atoms with Crippen molar-refractivity contribution in [3.05, 3.63) is 29.6 Å². The fraction of sp³-hybridized carbons (Fsp3) is 0.625. The number of anilines is 1. The summed E-state index contributed by atoms with van der Waals surface area (Å²) >= 11 is 0. The SMILES string of the molecule is CCCNCc1ccc(N2CCCC2CC)c(F)c1. The molecule has 2 rings (SSSR count). The van der Waals surface area contributed by atoms with Gasteiger partial charge in [0.15, 0.2) is 0 Å². The van der Waals surface area contributed by atoms with Gasteiger partial charge in [-0.2, -0.15) is 0 Å². The summed E-state index contributed by atoms with van der Waals surface area (Å²) in [4.78, 5) is 2.23. The zero-order valence-corrected chi connectivity index (χ0v) is 12.1. The topological polar surface area (TPSA) is 15.3 Å². The Kier molecular flexibility index (Phi) is 5.20. The van der Waals surface area contributed by atoms with E-state index < -0.39 is 0 Å². The lowest BCUT2D eigenvalue weighted by molar-refractivity contribution is 0.593.